The van der Waals surface area contributed by atoms with Crippen LogP contribution in [0.25, 0.3) is 11.1 Å². The molecule has 4 rings (SSSR count). The molecular weight excluding hydrogens is 506 g/mol. The highest BCUT2D eigenvalue weighted by molar-refractivity contribution is 14.1. The second-order valence-electron chi connectivity index (χ2n) is 8.38. The van der Waals surface area contributed by atoms with E-state index in [4.69, 9.17) is 4.55 Å². The number of fused-ring (bicyclic) bond motifs is 2. The predicted octanol–water partition coefficient (Wildman–Crippen LogP) is 5.37. The summed E-state index contributed by atoms with van der Waals surface area (Å²) in [5.41, 5.74) is 1.08. The van der Waals surface area contributed by atoms with Crippen molar-refractivity contribution in [3.05, 3.63) is 57.9 Å². The summed E-state index contributed by atoms with van der Waals surface area (Å²) in [6.07, 6.45) is 1.97. The fourth-order valence-corrected chi connectivity index (χ4v) is 6.74. The van der Waals surface area contributed by atoms with Gasteiger partial charge in [-0.1, -0.05) is 44.2 Å². The molecule has 0 amide bonds. The third-order valence-corrected chi connectivity index (χ3v) is 8.40. The second-order valence-corrected chi connectivity index (χ2v) is 11.0. The van der Waals surface area contributed by atoms with Crippen LogP contribution < -0.4 is 0 Å². The number of benzene rings is 2. The zero-order chi connectivity index (χ0) is 21.4. The minimum atomic E-state index is -4.08. The Balaban J connectivity index is 0.000000166. The van der Waals surface area contributed by atoms with Crippen molar-refractivity contribution >= 4 is 38.5 Å². The molecule has 2 bridgehead atoms. The van der Waals surface area contributed by atoms with Gasteiger partial charge in [-0.3, -0.25) is 9.35 Å². The van der Waals surface area contributed by atoms with Crippen LogP contribution in [0, 0.1) is 26.1 Å². The Morgan fingerprint density at radius 3 is 2.24 bits per heavy atom. The first-order chi connectivity index (χ1) is 13.5. The Morgan fingerprint density at radius 1 is 1.14 bits per heavy atom. The number of Topliss-reactive ketones (excluding diaryl/α,β-unsaturated/α-hetero) is 1. The van der Waals surface area contributed by atoms with Crippen LogP contribution in [0.2, 0.25) is 0 Å². The summed E-state index contributed by atoms with van der Waals surface area (Å²) in [6.45, 7) is 3.89. The zero-order valence-electron chi connectivity index (χ0n) is 16.4. The summed E-state index contributed by atoms with van der Waals surface area (Å²) in [4.78, 5) is 11.9. The third kappa shape index (κ3) is 4.41. The van der Waals surface area contributed by atoms with Gasteiger partial charge in [-0.2, -0.15) is 8.42 Å². The number of ketones is 1. The van der Waals surface area contributed by atoms with Gasteiger partial charge < -0.3 is 0 Å². The van der Waals surface area contributed by atoms with Crippen molar-refractivity contribution < 1.29 is 22.2 Å². The van der Waals surface area contributed by atoms with Crippen LogP contribution in [0.4, 0.5) is 4.39 Å². The summed E-state index contributed by atoms with van der Waals surface area (Å²) in [5, 5.41) is 0. The quantitative estimate of drug-likeness (QED) is 0.428. The SMILES string of the molecule is CC1(C)C2CCC1(CS(=O)(=O)O)C(=O)C2.Fc1ccc(-c2ccccc2I)cc1. The van der Waals surface area contributed by atoms with Gasteiger partial charge >= 0.3 is 0 Å². The lowest BCUT2D eigenvalue weighted by Crippen LogP contribution is -2.42. The van der Waals surface area contributed by atoms with E-state index in [9.17, 15) is 17.6 Å². The maximum absolute atomic E-state index is 12.7. The molecule has 2 aliphatic carbocycles. The van der Waals surface area contributed by atoms with Gasteiger partial charge in [0.25, 0.3) is 10.1 Å². The molecule has 2 fully saturated rings. The molecule has 7 heteroatoms. The van der Waals surface area contributed by atoms with Crippen molar-refractivity contribution in [1.29, 1.82) is 0 Å². The van der Waals surface area contributed by atoms with Crippen molar-refractivity contribution in [1.82, 2.24) is 0 Å². The fourth-order valence-electron chi connectivity index (χ4n) is 4.74. The van der Waals surface area contributed by atoms with Crippen molar-refractivity contribution in [2.75, 3.05) is 5.75 Å². The molecule has 156 valence electrons. The Morgan fingerprint density at radius 2 is 1.76 bits per heavy atom. The summed E-state index contributed by atoms with van der Waals surface area (Å²) < 4.78 is 44.9. The molecule has 0 aliphatic heterocycles. The summed E-state index contributed by atoms with van der Waals surface area (Å²) in [5.74, 6) is -0.296. The molecule has 2 aromatic carbocycles. The normalized spacial score (nSPS) is 24.9. The smallest absolute Gasteiger partial charge is 0.265 e. The zero-order valence-corrected chi connectivity index (χ0v) is 19.3. The molecule has 1 N–H and O–H groups in total. The van der Waals surface area contributed by atoms with E-state index < -0.39 is 21.3 Å². The van der Waals surface area contributed by atoms with E-state index >= 15 is 0 Å². The van der Waals surface area contributed by atoms with Gasteiger partial charge in [0.05, 0.1) is 11.2 Å². The molecule has 0 radical (unpaired) electrons. The molecule has 2 saturated carbocycles. The van der Waals surface area contributed by atoms with E-state index in [1.807, 2.05) is 38.1 Å². The van der Waals surface area contributed by atoms with Gasteiger partial charge in [0.1, 0.15) is 11.6 Å². The number of carbonyl (C=O) groups is 1. The van der Waals surface area contributed by atoms with Crippen molar-refractivity contribution in [2.24, 2.45) is 16.7 Å². The highest BCUT2D eigenvalue weighted by Crippen LogP contribution is 2.64. The third-order valence-electron chi connectivity index (χ3n) is 6.60. The van der Waals surface area contributed by atoms with Crippen LogP contribution in [0.15, 0.2) is 48.5 Å². The topological polar surface area (TPSA) is 71.4 Å². The van der Waals surface area contributed by atoms with Gasteiger partial charge in [-0.15, -0.1) is 0 Å². The molecule has 2 aliphatic rings. The van der Waals surface area contributed by atoms with Crippen LogP contribution in [-0.2, 0) is 14.9 Å². The van der Waals surface area contributed by atoms with E-state index in [0.29, 0.717) is 12.8 Å². The van der Waals surface area contributed by atoms with Crippen molar-refractivity contribution in [2.45, 2.75) is 33.1 Å². The average Bonchev–Trinajstić information content (AvgIpc) is 2.96. The molecule has 2 atom stereocenters. The van der Waals surface area contributed by atoms with E-state index in [-0.39, 0.29) is 22.9 Å². The Kier molecular flexibility index (Phi) is 6.23. The number of hydrogen-bond donors (Lipinski definition) is 1. The largest absolute Gasteiger partial charge is 0.299 e. The molecule has 2 unspecified atom stereocenters. The van der Waals surface area contributed by atoms with Gasteiger partial charge in [-0.05, 0) is 76.1 Å². The Labute approximate surface area is 184 Å². The highest BCUT2D eigenvalue weighted by Gasteiger charge is 2.65. The van der Waals surface area contributed by atoms with Gasteiger partial charge in [0.2, 0.25) is 0 Å². The lowest BCUT2D eigenvalue weighted by atomic mass is 9.70. The number of carbonyl (C=O) groups excluding carboxylic acids is 1. The van der Waals surface area contributed by atoms with E-state index in [1.54, 1.807) is 12.1 Å². The first kappa shape index (κ1) is 22.4. The first-order valence-electron chi connectivity index (χ1n) is 9.45. The molecular formula is C22H24FIO4S. The summed E-state index contributed by atoms with van der Waals surface area (Å²) in [6, 6.07) is 14.6. The highest BCUT2D eigenvalue weighted by atomic mass is 127. The monoisotopic (exact) mass is 530 g/mol. The molecule has 0 heterocycles. The minimum Gasteiger partial charge on any atom is -0.299 e. The fraction of sp³-hybridized carbons (Fsp3) is 0.409. The minimum absolute atomic E-state index is 0.0152. The molecule has 0 aromatic heterocycles. The molecule has 0 saturated heterocycles. The first-order valence-corrected chi connectivity index (χ1v) is 12.1. The van der Waals surface area contributed by atoms with Crippen LogP contribution in [0.1, 0.15) is 33.1 Å². The molecule has 0 spiro atoms. The van der Waals surface area contributed by atoms with E-state index in [0.717, 1.165) is 17.5 Å². The van der Waals surface area contributed by atoms with Crippen LogP contribution in [0.5, 0.6) is 0 Å². The molecule has 29 heavy (non-hydrogen) atoms. The summed E-state index contributed by atoms with van der Waals surface area (Å²) in [7, 11) is -4.08. The number of halogens is 2. The maximum Gasteiger partial charge on any atom is 0.265 e. The van der Waals surface area contributed by atoms with E-state index in [1.165, 1.54) is 15.7 Å². The van der Waals surface area contributed by atoms with Crippen LogP contribution in [0.3, 0.4) is 0 Å². The van der Waals surface area contributed by atoms with Crippen LogP contribution >= 0.6 is 22.6 Å². The van der Waals surface area contributed by atoms with Crippen LogP contribution in [-0.4, -0.2) is 24.5 Å². The van der Waals surface area contributed by atoms with Gasteiger partial charge in [-0.25, -0.2) is 4.39 Å². The average molecular weight is 530 g/mol. The summed E-state index contributed by atoms with van der Waals surface area (Å²) >= 11 is 2.28. The standard InChI is InChI=1S/C12H8FI.C10H16O4S/c13-10-7-5-9(6-8-10)11-3-1-2-4-12(11)14;1-9(2)7-3-4-10(9,8(11)5-7)6-15(12,13)14/h1-8H;7H,3-6H2,1-2H3,(H,12,13,14). The maximum atomic E-state index is 12.7. The Hall–Kier alpha value is -1.32. The number of hydrogen-bond acceptors (Lipinski definition) is 3. The van der Waals surface area contributed by atoms with Crippen molar-refractivity contribution in [3.63, 3.8) is 0 Å². The molecule has 4 nitrogen and oxygen atoms in total. The predicted molar refractivity (Wildman–Crippen MR) is 120 cm³/mol. The lowest BCUT2D eigenvalue weighted by Gasteiger charge is -2.35. The lowest BCUT2D eigenvalue weighted by molar-refractivity contribution is -0.128. The second kappa shape index (κ2) is 8.07. The van der Waals surface area contributed by atoms with Gasteiger partial charge in [0.15, 0.2) is 0 Å². The van der Waals surface area contributed by atoms with Gasteiger partial charge in [0, 0.05) is 9.99 Å². The number of rotatable bonds is 3. The Bertz CT molecular complexity index is 1020. The van der Waals surface area contributed by atoms with E-state index in [2.05, 4.69) is 22.6 Å². The van der Waals surface area contributed by atoms with Crippen molar-refractivity contribution in [3.8, 4) is 11.1 Å². The molecule has 2 aromatic rings.